The number of nitrogens with two attached hydrogens (primary N) is 1. The fourth-order valence-corrected chi connectivity index (χ4v) is 3.63. The number of aromatic carboxylic acids is 1. The van der Waals surface area contributed by atoms with Crippen LogP contribution in [-0.4, -0.2) is 54.8 Å². The summed E-state index contributed by atoms with van der Waals surface area (Å²) in [6.07, 6.45) is 0. The topological polar surface area (TPSA) is 209 Å². The van der Waals surface area contributed by atoms with Crippen molar-refractivity contribution < 1.29 is 24.5 Å². The molecule has 202 valence electrons. The fraction of sp³-hybridized carbons (Fsp3) is 0.154. The number of carbonyl (C=O) groups is 2. The summed E-state index contributed by atoms with van der Waals surface area (Å²) in [4.78, 5) is 40.6. The van der Waals surface area contributed by atoms with Crippen molar-refractivity contribution in [3.8, 4) is 11.6 Å². The van der Waals surface area contributed by atoms with Crippen molar-refractivity contribution in [1.82, 2.24) is 19.7 Å². The summed E-state index contributed by atoms with van der Waals surface area (Å²) in [7, 11) is 1.51. The van der Waals surface area contributed by atoms with E-state index in [0.717, 1.165) is 11.6 Å². The third-order valence-electron chi connectivity index (χ3n) is 5.27. The molecule has 1 atom stereocenters. The number of carboxylic acid groups (broad SMARTS) is 2. The number of aryl methyl sites for hydroxylation is 1. The number of ether oxygens (including phenoxy) is 1. The third kappa shape index (κ3) is 7.07. The van der Waals surface area contributed by atoms with Crippen molar-refractivity contribution >= 4 is 23.5 Å². The summed E-state index contributed by atoms with van der Waals surface area (Å²) in [5.41, 5.74) is 7.68. The van der Waals surface area contributed by atoms with Gasteiger partial charge in [-0.3, -0.25) is 15.2 Å². The molecule has 0 radical (unpaired) electrons. The molecule has 0 bridgehead atoms. The van der Waals surface area contributed by atoms with Crippen LogP contribution >= 0.6 is 0 Å². The number of nitrogens with one attached hydrogen (secondary N) is 3. The minimum atomic E-state index is -1.17. The number of hydrogen-bond donors (Lipinski definition) is 6. The van der Waals surface area contributed by atoms with Gasteiger partial charge in [-0.25, -0.2) is 14.6 Å². The molecular weight excluding hydrogens is 506 g/mol. The van der Waals surface area contributed by atoms with Crippen LogP contribution in [0.25, 0.3) is 5.69 Å². The molecule has 2 heterocycles. The summed E-state index contributed by atoms with van der Waals surface area (Å²) < 4.78 is 6.34. The van der Waals surface area contributed by atoms with Gasteiger partial charge in [0.25, 0.3) is 5.97 Å². The number of carboxylic acids is 2. The number of amidine groups is 1. The minimum Gasteiger partial charge on any atom is -0.481 e. The van der Waals surface area contributed by atoms with E-state index >= 15 is 0 Å². The van der Waals surface area contributed by atoms with E-state index in [4.69, 9.17) is 25.8 Å². The maximum atomic E-state index is 12.9. The lowest BCUT2D eigenvalue weighted by atomic mass is 10.1. The summed E-state index contributed by atoms with van der Waals surface area (Å²) >= 11 is 0. The number of hydrogen-bond acceptors (Lipinski definition) is 8. The van der Waals surface area contributed by atoms with Gasteiger partial charge in [-0.05, 0) is 55.0 Å². The number of aliphatic carboxylic acids is 1. The first-order chi connectivity index (χ1) is 18.5. The number of para-hydroxylation sites is 1. The molecule has 2 aromatic carbocycles. The Morgan fingerprint density at radius 1 is 1.13 bits per heavy atom. The van der Waals surface area contributed by atoms with Gasteiger partial charge in [0, 0.05) is 29.9 Å². The number of H-pyrrole nitrogens is 1. The Kier molecular flexibility index (Phi) is 8.79. The van der Waals surface area contributed by atoms with Gasteiger partial charge in [0.2, 0.25) is 5.88 Å². The highest BCUT2D eigenvalue weighted by molar-refractivity contribution is 5.95. The van der Waals surface area contributed by atoms with Crippen LogP contribution in [0, 0.1) is 12.3 Å². The number of methoxy groups -OCH3 is 1. The summed E-state index contributed by atoms with van der Waals surface area (Å²) in [6, 6.07) is 15.9. The lowest BCUT2D eigenvalue weighted by Gasteiger charge is -2.19. The maximum Gasteiger partial charge on any atom is 0.348 e. The van der Waals surface area contributed by atoms with Crippen LogP contribution in [0.4, 0.5) is 5.69 Å². The zero-order valence-corrected chi connectivity index (χ0v) is 21.3. The number of benzene rings is 2. The molecule has 13 heteroatoms. The van der Waals surface area contributed by atoms with Crippen LogP contribution in [0.15, 0.2) is 65.5 Å². The van der Waals surface area contributed by atoms with Gasteiger partial charge in [-0.15, -0.1) is 5.10 Å². The largest absolute Gasteiger partial charge is 0.481 e. The van der Waals surface area contributed by atoms with Crippen LogP contribution in [0.3, 0.4) is 0 Å². The second kappa shape index (κ2) is 12.2. The van der Waals surface area contributed by atoms with Crippen LogP contribution in [-0.2, 0) is 4.79 Å². The maximum absolute atomic E-state index is 12.9. The van der Waals surface area contributed by atoms with E-state index in [0.29, 0.717) is 28.4 Å². The van der Waals surface area contributed by atoms with Crippen molar-refractivity contribution in [2.45, 2.75) is 19.9 Å². The standard InChI is InChI=1S/C24H23N7O4.C2H4O2/c1-13-11-15(12-19(27-13)35-2)20(28-16-9-7-14(8-10-16)21(25)26)22-29-24(34)31(30-22)18-6-4-3-5-17(18)23(32)33;1-2(3)4/h3-12,20,28H,1-2H3,(H3,25,26)(H,32,33)(H,29,30,34);1H3,(H,3,4)/t20-;/m0./s1. The predicted octanol–water partition coefficient (Wildman–Crippen LogP) is 2.55. The first-order valence-corrected chi connectivity index (χ1v) is 11.4. The van der Waals surface area contributed by atoms with Gasteiger partial charge in [0.1, 0.15) is 11.9 Å². The van der Waals surface area contributed by atoms with Gasteiger partial charge in [-0.2, -0.15) is 4.68 Å². The molecule has 13 nitrogen and oxygen atoms in total. The molecule has 0 unspecified atom stereocenters. The lowest BCUT2D eigenvalue weighted by Crippen LogP contribution is -2.18. The van der Waals surface area contributed by atoms with E-state index in [2.05, 4.69) is 20.4 Å². The average molecular weight is 534 g/mol. The zero-order valence-electron chi connectivity index (χ0n) is 21.3. The molecule has 0 aliphatic rings. The Morgan fingerprint density at radius 2 is 1.77 bits per heavy atom. The third-order valence-corrected chi connectivity index (χ3v) is 5.27. The Hall–Kier alpha value is -5.46. The molecule has 0 saturated heterocycles. The van der Waals surface area contributed by atoms with Crippen LogP contribution in [0.2, 0.25) is 0 Å². The van der Waals surface area contributed by atoms with Crippen molar-refractivity contribution in [2.75, 3.05) is 12.4 Å². The normalized spacial score (nSPS) is 11.1. The van der Waals surface area contributed by atoms with E-state index in [9.17, 15) is 14.7 Å². The quantitative estimate of drug-likeness (QED) is 0.144. The molecule has 4 aromatic rings. The van der Waals surface area contributed by atoms with Crippen molar-refractivity contribution in [1.29, 1.82) is 5.41 Å². The molecule has 4 rings (SSSR count). The summed E-state index contributed by atoms with van der Waals surface area (Å²) in [6.45, 7) is 2.90. The second-order valence-corrected chi connectivity index (χ2v) is 8.22. The molecule has 0 saturated carbocycles. The molecule has 0 aliphatic heterocycles. The van der Waals surface area contributed by atoms with E-state index in [1.807, 2.05) is 13.0 Å². The number of nitrogens with zero attached hydrogens (tertiary/aromatic N) is 3. The van der Waals surface area contributed by atoms with Gasteiger partial charge < -0.3 is 26.0 Å². The molecule has 7 N–H and O–H groups in total. The van der Waals surface area contributed by atoms with Crippen molar-refractivity contribution in [2.24, 2.45) is 5.73 Å². The number of aromatic nitrogens is 4. The first kappa shape index (κ1) is 28.1. The highest BCUT2D eigenvalue weighted by Crippen LogP contribution is 2.27. The van der Waals surface area contributed by atoms with Crippen LogP contribution in [0.1, 0.15) is 46.0 Å². The van der Waals surface area contributed by atoms with Crippen LogP contribution in [0.5, 0.6) is 5.88 Å². The number of anilines is 1. The Morgan fingerprint density at radius 3 is 2.36 bits per heavy atom. The smallest absolute Gasteiger partial charge is 0.348 e. The number of nitrogen functional groups attached to an aromatic ring is 1. The molecule has 0 amide bonds. The summed E-state index contributed by atoms with van der Waals surface area (Å²) in [5.74, 6) is -1.43. The summed E-state index contributed by atoms with van der Waals surface area (Å²) in [5, 5.41) is 32.3. The lowest BCUT2D eigenvalue weighted by molar-refractivity contribution is -0.134. The van der Waals surface area contributed by atoms with Crippen molar-refractivity contribution in [3.63, 3.8) is 0 Å². The monoisotopic (exact) mass is 533 g/mol. The van der Waals surface area contributed by atoms with Gasteiger partial charge in [0.15, 0.2) is 5.82 Å². The van der Waals surface area contributed by atoms with Gasteiger partial charge >= 0.3 is 11.7 Å². The second-order valence-electron chi connectivity index (χ2n) is 8.22. The first-order valence-electron chi connectivity index (χ1n) is 11.4. The molecular formula is C26H27N7O6. The Bertz CT molecular complexity index is 1560. The van der Waals surface area contributed by atoms with Crippen LogP contribution < -0.4 is 21.5 Å². The highest BCUT2D eigenvalue weighted by Gasteiger charge is 2.23. The van der Waals surface area contributed by atoms with Crippen molar-refractivity contribution in [3.05, 3.63) is 99.4 Å². The molecule has 2 aromatic heterocycles. The Balaban J connectivity index is 0.000000983. The SMILES string of the molecule is CC(=O)O.COc1cc([C@H](Nc2ccc(C(=N)N)cc2)c2nn(-c3ccccc3C(=O)O)c(=O)[nH]2)cc(C)n1. The molecule has 39 heavy (non-hydrogen) atoms. The average Bonchev–Trinajstić information content (AvgIpc) is 3.27. The fourth-order valence-electron chi connectivity index (χ4n) is 3.63. The number of pyridine rings is 1. The van der Waals surface area contributed by atoms with E-state index in [1.54, 1.807) is 42.5 Å². The molecule has 0 aliphatic carbocycles. The molecule has 0 spiro atoms. The van der Waals surface area contributed by atoms with E-state index < -0.39 is 23.7 Å². The molecule has 0 fully saturated rings. The zero-order chi connectivity index (χ0) is 28.7. The number of rotatable bonds is 8. The predicted molar refractivity (Wildman–Crippen MR) is 143 cm³/mol. The van der Waals surface area contributed by atoms with Gasteiger partial charge in [0.05, 0.1) is 18.4 Å². The van der Waals surface area contributed by atoms with Gasteiger partial charge in [-0.1, -0.05) is 12.1 Å². The Labute approximate surface area is 222 Å². The van der Waals surface area contributed by atoms with E-state index in [-0.39, 0.29) is 22.9 Å². The number of aromatic amines is 1. The minimum absolute atomic E-state index is 0.0530. The van der Waals surface area contributed by atoms with E-state index in [1.165, 1.54) is 19.2 Å². The highest BCUT2D eigenvalue weighted by atomic mass is 16.5.